The molecule has 1 spiro atoms. The minimum absolute atomic E-state index is 0.479. The van der Waals surface area contributed by atoms with Crippen LogP contribution in [0.1, 0.15) is 22.3 Å². The number of nitrogens with zero attached hydrogens (tertiary/aromatic N) is 1. The van der Waals surface area contributed by atoms with Crippen LogP contribution in [0.2, 0.25) is 0 Å². The highest BCUT2D eigenvalue weighted by atomic mass is 16.3. The van der Waals surface area contributed by atoms with Gasteiger partial charge in [0.25, 0.3) is 0 Å². The molecule has 2 heteroatoms. The molecule has 0 fully saturated rings. The van der Waals surface area contributed by atoms with Crippen LogP contribution in [0, 0.1) is 0 Å². The number of hydrogen-bond acceptors (Lipinski definition) is 2. The summed E-state index contributed by atoms with van der Waals surface area (Å²) in [5.74, 6) is 0. The van der Waals surface area contributed by atoms with Crippen LogP contribution in [0.4, 0.5) is 17.1 Å². The second-order valence-electron chi connectivity index (χ2n) is 16.3. The molecule has 0 radical (unpaired) electrons. The molecular weight excluding hydrogens is 739 g/mol. The number of benzene rings is 10. The predicted octanol–water partition coefficient (Wildman–Crippen LogP) is 15.9. The molecule has 0 N–H and O–H groups in total. The van der Waals surface area contributed by atoms with Crippen molar-refractivity contribution in [3.63, 3.8) is 0 Å². The third-order valence-electron chi connectivity index (χ3n) is 13.3. The van der Waals surface area contributed by atoms with Crippen molar-refractivity contribution < 1.29 is 4.42 Å². The van der Waals surface area contributed by atoms with Gasteiger partial charge >= 0.3 is 0 Å². The van der Waals surface area contributed by atoms with Gasteiger partial charge in [0.1, 0.15) is 11.2 Å². The van der Waals surface area contributed by atoms with Crippen LogP contribution in [0.15, 0.2) is 229 Å². The largest absolute Gasteiger partial charge is 0.455 e. The minimum atomic E-state index is -0.479. The Balaban J connectivity index is 1.14. The number of anilines is 3. The lowest BCUT2D eigenvalue weighted by Gasteiger charge is -2.33. The number of rotatable bonds is 5. The Morgan fingerprint density at radius 2 is 0.869 bits per heavy atom. The maximum absolute atomic E-state index is 6.94. The summed E-state index contributed by atoms with van der Waals surface area (Å²) in [6.45, 7) is 0. The molecule has 11 aromatic rings. The van der Waals surface area contributed by atoms with Gasteiger partial charge < -0.3 is 9.32 Å². The maximum atomic E-state index is 6.94. The molecule has 0 aliphatic heterocycles. The molecule has 284 valence electrons. The molecule has 0 saturated heterocycles. The maximum Gasteiger partial charge on any atom is 0.143 e. The Morgan fingerprint density at radius 3 is 1.54 bits per heavy atom. The van der Waals surface area contributed by atoms with Gasteiger partial charge in [0.05, 0.1) is 16.5 Å². The zero-order chi connectivity index (χ0) is 40.1. The zero-order valence-electron chi connectivity index (χ0n) is 33.2. The van der Waals surface area contributed by atoms with Gasteiger partial charge in [0, 0.05) is 27.7 Å². The fraction of sp³-hybridized carbons (Fsp3) is 0.0169. The van der Waals surface area contributed by atoms with E-state index in [9.17, 15) is 0 Å². The van der Waals surface area contributed by atoms with E-state index in [1.165, 1.54) is 55.6 Å². The van der Waals surface area contributed by atoms with Gasteiger partial charge in [-0.2, -0.15) is 0 Å². The van der Waals surface area contributed by atoms with Crippen LogP contribution in [0.5, 0.6) is 0 Å². The normalized spacial score (nSPS) is 13.0. The monoisotopic (exact) mass is 775 g/mol. The third-order valence-corrected chi connectivity index (χ3v) is 13.3. The lowest BCUT2D eigenvalue weighted by molar-refractivity contribution is 0.673. The molecule has 13 rings (SSSR count). The van der Waals surface area contributed by atoms with E-state index in [-0.39, 0.29) is 0 Å². The van der Waals surface area contributed by atoms with Gasteiger partial charge in [-0.3, -0.25) is 0 Å². The highest BCUT2D eigenvalue weighted by Crippen LogP contribution is 2.63. The minimum Gasteiger partial charge on any atom is -0.455 e. The Bertz CT molecular complexity index is 3460. The average molecular weight is 776 g/mol. The molecule has 61 heavy (non-hydrogen) atoms. The summed E-state index contributed by atoms with van der Waals surface area (Å²) in [5, 5.41) is 4.45. The first-order valence-electron chi connectivity index (χ1n) is 21.1. The number of fused-ring (bicyclic) bond motifs is 15. The fourth-order valence-electron chi connectivity index (χ4n) is 10.7. The molecule has 1 aromatic heterocycles. The standard InChI is InChI=1S/C59H37NO/c1-3-15-38(16-4-1)39-27-30-42(31-28-39)60(57-44(40-17-5-2-6-18-40)35-36-55-56(57)50-33-29-41-19-7-8-20-45(41)58(50)61-55)43-32-34-49-48-23-11-14-26-53(48)59(54(49)37-43)51-24-12-9-21-46(51)47-22-10-13-25-52(47)59/h1-37H. The Kier molecular flexibility index (Phi) is 7.26. The summed E-state index contributed by atoms with van der Waals surface area (Å²) in [4.78, 5) is 2.49. The quantitative estimate of drug-likeness (QED) is 0.173. The average Bonchev–Trinajstić information content (AvgIpc) is 3.97. The molecule has 0 amide bonds. The van der Waals surface area contributed by atoms with E-state index in [1.54, 1.807) is 0 Å². The van der Waals surface area contributed by atoms with Crippen LogP contribution in [0.25, 0.3) is 77.2 Å². The molecule has 2 nitrogen and oxygen atoms in total. The van der Waals surface area contributed by atoms with E-state index in [0.29, 0.717) is 0 Å². The van der Waals surface area contributed by atoms with Crippen molar-refractivity contribution in [2.75, 3.05) is 4.90 Å². The number of furan rings is 1. The van der Waals surface area contributed by atoms with Crippen molar-refractivity contribution >= 4 is 49.8 Å². The molecule has 2 aliphatic carbocycles. The van der Waals surface area contributed by atoms with E-state index in [2.05, 4.69) is 229 Å². The molecule has 0 atom stereocenters. The first-order chi connectivity index (χ1) is 30.3. The smallest absolute Gasteiger partial charge is 0.143 e. The second kappa shape index (κ2) is 13.0. The molecule has 0 bridgehead atoms. The summed E-state index contributed by atoms with van der Waals surface area (Å²) in [5.41, 5.74) is 19.6. The molecule has 2 aliphatic rings. The SMILES string of the molecule is c1ccc(-c2ccc(N(c3ccc4c(c3)C3(c5ccccc5-c5ccccc53)c3ccccc3-4)c3c(-c4ccccc4)ccc4oc5c6ccccc6ccc5c34)cc2)cc1. The lowest BCUT2D eigenvalue weighted by Crippen LogP contribution is -2.26. The predicted molar refractivity (Wildman–Crippen MR) is 253 cm³/mol. The van der Waals surface area contributed by atoms with Crippen LogP contribution in [-0.4, -0.2) is 0 Å². The van der Waals surface area contributed by atoms with Crippen molar-refractivity contribution in [3.8, 4) is 44.5 Å². The first kappa shape index (κ1) is 34.0. The number of hydrogen-bond donors (Lipinski definition) is 0. The van der Waals surface area contributed by atoms with Crippen LogP contribution in [-0.2, 0) is 5.41 Å². The lowest BCUT2D eigenvalue weighted by atomic mass is 9.70. The fourth-order valence-corrected chi connectivity index (χ4v) is 10.7. The van der Waals surface area contributed by atoms with Crippen molar-refractivity contribution in [2.24, 2.45) is 0 Å². The van der Waals surface area contributed by atoms with Gasteiger partial charge in [-0.1, -0.05) is 182 Å². The summed E-state index contributed by atoms with van der Waals surface area (Å²) in [7, 11) is 0. The highest BCUT2D eigenvalue weighted by molar-refractivity contribution is 6.22. The van der Waals surface area contributed by atoms with E-state index >= 15 is 0 Å². The third kappa shape index (κ3) is 4.79. The Labute approximate surface area is 354 Å². The van der Waals surface area contributed by atoms with Gasteiger partial charge in [-0.25, -0.2) is 0 Å². The van der Waals surface area contributed by atoms with E-state index < -0.39 is 5.41 Å². The van der Waals surface area contributed by atoms with Gasteiger partial charge in [-0.15, -0.1) is 0 Å². The highest BCUT2D eigenvalue weighted by Gasteiger charge is 2.51. The van der Waals surface area contributed by atoms with Gasteiger partial charge in [-0.05, 0) is 109 Å². The van der Waals surface area contributed by atoms with Crippen LogP contribution < -0.4 is 4.90 Å². The summed E-state index contributed by atoms with van der Waals surface area (Å²) in [6.07, 6.45) is 0. The second-order valence-corrected chi connectivity index (χ2v) is 16.3. The summed E-state index contributed by atoms with van der Waals surface area (Å²) in [6, 6.07) is 82.3. The molecule has 1 heterocycles. The van der Waals surface area contributed by atoms with Gasteiger partial charge in [0.15, 0.2) is 0 Å². The first-order valence-corrected chi connectivity index (χ1v) is 21.1. The molecule has 0 saturated carbocycles. The van der Waals surface area contributed by atoms with E-state index in [0.717, 1.165) is 60.9 Å². The van der Waals surface area contributed by atoms with E-state index in [4.69, 9.17) is 4.42 Å². The Hall–Kier alpha value is -7.94. The van der Waals surface area contributed by atoms with Crippen LogP contribution >= 0.6 is 0 Å². The topological polar surface area (TPSA) is 16.4 Å². The van der Waals surface area contributed by atoms with Crippen molar-refractivity contribution in [1.82, 2.24) is 0 Å². The summed E-state index contributed by atoms with van der Waals surface area (Å²) < 4.78 is 6.94. The molecular formula is C59H37NO. The van der Waals surface area contributed by atoms with Crippen molar-refractivity contribution in [1.29, 1.82) is 0 Å². The van der Waals surface area contributed by atoms with Gasteiger partial charge in [0.2, 0.25) is 0 Å². The molecule has 0 unspecified atom stereocenters. The van der Waals surface area contributed by atoms with Crippen LogP contribution in [0.3, 0.4) is 0 Å². The summed E-state index contributed by atoms with van der Waals surface area (Å²) >= 11 is 0. The van der Waals surface area contributed by atoms with Crippen molar-refractivity contribution in [3.05, 3.63) is 247 Å². The van der Waals surface area contributed by atoms with Crippen molar-refractivity contribution in [2.45, 2.75) is 5.41 Å². The zero-order valence-corrected chi connectivity index (χ0v) is 33.2. The molecule has 10 aromatic carbocycles. The van der Waals surface area contributed by atoms with E-state index in [1.807, 2.05) is 0 Å². The Morgan fingerprint density at radius 1 is 0.344 bits per heavy atom.